The number of aromatic nitrogens is 2. The summed E-state index contributed by atoms with van der Waals surface area (Å²) in [5, 5.41) is 33.9. The number of phenols is 1. The molecule has 0 saturated heterocycles. The third kappa shape index (κ3) is 1.46. The van der Waals surface area contributed by atoms with E-state index in [0.29, 0.717) is 15.7 Å². The van der Waals surface area contributed by atoms with Gasteiger partial charge in [0.05, 0.1) is 11.6 Å². The Morgan fingerprint density at radius 3 is 2.00 bits per heavy atom. The zero-order valence-electron chi connectivity index (χ0n) is 9.61. The summed E-state index contributed by atoms with van der Waals surface area (Å²) in [4.78, 5) is 10.8. The molecule has 3 rings (SSSR count). The molecule has 0 bridgehead atoms. The van der Waals surface area contributed by atoms with Crippen molar-refractivity contribution in [2.45, 2.75) is 0 Å². The van der Waals surface area contributed by atoms with Gasteiger partial charge < -0.3 is 15.5 Å². The summed E-state index contributed by atoms with van der Waals surface area (Å²) in [5.74, 6) is -0.331. The molecule has 0 aliphatic carbocycles. The topological polar surface area (TPSA) is 91.2 Å². The van der Waals surface area contributed by atoms with Crippen LogP contribution >= 0.6 is 0 Å². The molecule has 0 amide bonds. The number of hydrogen-bond donors (Lipinski definition) is 1. The van der Waals surface area contributed by atoms with E-state index in [-0.39, 0.29) is 33.4 Å². The van der Waals surface area contributed by atoms with Crippen LogP contribution in [0.4, 0.5) is 0 Å². The van der Waals surface area contributed by atoms with E-state index in [1.807, 2.05) is 0 Å². The van der Waals surface area contributed by atoms with Crippen molar-refractivity contribution in [2.24, 2.45) is 0 Å². The number of phenolic OH excluding ortho intramolecular Hbond substituents is 1. The molecule has 0 radical (unpaired) electrons. The van der Waals surface area contributed by atoms with Crippen molar-refractivity contribution in [2.75, 3.05) is 0 Å². The number of rotatable bonds is 1. The minimum Gasteiger partial charge on any atom is -0.617 e. The molecule has 6 heteroatoms. The smallest absolute Gasteiger partial charge is 0.294 e. The number of aldehydes is 1. The highest BCUT2D eigenvalue weighted by atomic mass is 16.5. The number of benzene rings is 2. The van der Waals surface area contributed by atoms with E-state index >= 15 is 0 Å². The Labute approximate surface area is 106 Å². The maximum absolute atomic E-state index is 12.2. The van der Waals surface area contributed by atoms with Gasteiger partial charge in [-0.2, -0.15) is 9.46 Å². The van der Waals surface area contributed by atoms with Gasteiger partial charge in [-0.3, -0.25) is 4.79 Å². The van der Waals surface area contributed by atoms with Crippen LogP contribution < -0.4 is 9.46 Å². The summed E-state index contributed by atoms with van der Waals surface area (Å²) in [5.41, 5.74) is 0.411. The Balaban J connectivity index is 2.60. The minimum absolute atomic E-state index is 0.0109. The molecule has 1 aromatic heterocycles. The third-order valence-corrected chi connectivity index (χ3v) is 3.01. The molecular formula is C13H8N2O4. The van der Waals surface area contributed by atoms with Crippen molar-refractivity contribution >= 4 is 28.4 Å². The average Bonchev–Trinajstić information content (AvgIpc) is 2.44. The van der Waals surface area contributed by atoms with E-state index in [4.69, 9.17) is 0 Å². The maximum atomic E-state index is 12.2. The first-order chi connectivity index (χ1) is 9.13. The number of para-hydroxylation sites is 2. The Morgan fingerprint density at radius 2 is 1.47 bits per heavy atom. The van der Waals surface area contributed by atoms with Crippen LogP contribution in [0.5, 0.6) is 5.75 Å². The predicted octanol–water partition coefficient (Wildman–Crippen LogP) is 0.778. The lowest BCUT2D eigenvalue weighted by Gasteiger charge is -2.08. The molecule has 6 nitrogen and oxygen atoms in total. The van der Waals surface area contributed by atoms with Crippen LogP contribution in [-0.2, 0) is 0 Å². The van der Waals surface area contributed by atoms with Crippen molar-refractivity contribution in [1.29, 1.82) is 0 Å². The first-order valence-corrected chi connectivity index (χ1v) is 5.49. The standard InChI is InChI=1S/C13H8N2O4/c16-7-8-5-11-12(6-13(8)17)15(19)10-4-2-1-3-9(10)14(11)18/h1-7,17H. The van der Waals surface area contributed by atoms with Gasteiger partial charge in [-0.1, -0.05) is 12.1 Å². The SMILES string of the molecule is O=Cc1cc2c(cc1O)[n+]([O-])c1ccccc1[n+]2[O-]. The number of hydrogen-bond acceptors (Lipinski definition) is 4. The van der Waals surface area contributed by atoms with Crippen molar-refractivity contribution in [3.8, 4) is 5.75 Å². The Hall–Kier alpha value is -2.89. The van der Waals surface area contributed by atoms with Gasteiger partial charge in [0.25, 0.3) is 22.1 Å². The van der Waals surface area contributed by atoms with Gasteiger partial charge in [0.1, 0.15) is 5.75 Å². The van der Waals surface area contributed by atoms with Gasteiger partial charge in [-0.25, -0.2) is 0 Å². The van der Waals surface area contributed by atoms with Crippen LogP contribution in [-0.4, -0.2) is 11.4 Å². The van der Waals surface area contributed by atoms with Gasteiger partial charge in [0.15, 0.2) is 6.29 Å². The second-order valence-electron chi connectivity index (χ2n) is 4.10. The maximum Gasteiger partial charge on any atom is 0.294 e. The molecule has 0 fully saturated rings. The fourth-order valence-electron chi connectivity index (χ4n) is 2.07. The number of nitrogens with zero attached hydrogens (tertiary/aromatic N) is 2. The lowest BCUT2D eigenvalue weighted by atomic mass is 10.1. The summed E-state index contributed by atoms with van der Waals surface area (Å²) in [6.07, 6.45) is 0.430. The number of aromatic hydroxyl groups is 1. The second kappa shape index (κ2) is 3.81. The lowest BCUT2D eigenvalue weighted by Crippen LogP contribution is -2.39. The van der Waals surface area contributed by atoms with Crippen LogP contribution in [0.2, 0.25) is 0 Å². The Kier molecular flexibility index (Phi) is 2.25. The van der Waals surface area contributed by atoms with Crippen LogP contribution in [0.25, 0.3) is 22.1 Å². The zero-order chi connectivity index (χ0) is 13.6. The normalized spacial score (nSPS) is 10.9. The van der Waals surface area contributed by atoms with Crippen molar-refractivity contribution < 1.29 is 19.4 Å². The third-order valence-electron chi connectivity index (χ3n) is 3.01. The fourth-order valence-corrected chi connectivity index (χ4v) is 2.07. The second-order valence-corrected chi connectivity index (χ2v) is 4.10. The molecule has 1 heterocycles. The van der Waals surface area contributed by atoms with Crippen LogP contribution in [0.3, 0.4) is 0 Å². The fraction of sp³-hybridized carbons (Fsp3) is 0. The van der Waals surface area contributed by atoms with E-state index in [2.05, 4.69) is 0 Å². The van der Waals surface area contributed by atoms with Gasteiger partial charge in [0, 0.05) is 18.2 Å². The molecule has 0 unspecified atom stereocenters. The molecule has 0 atom stereocenters. The van der Waals surface area contributed by atoms with Crippen LogP contribution in [0.15, 0.2) is 36.4 Å². The van der Waals surface area contributed by atoms with Gasteiger partial charge in [-0.15, -0.1) is 0 Å². The van der Waals surface area contributed by atoms with Gasteiger partial charge in [0.2, 0.25) is 0 Å². The van der Waals surface area contributed by atoms with Crippen LogP contribution in [0.1, 0.15) is 10.4 Å². The molecule has 0 spiro atoms. The molecule has 0 aliphatic rings. The van der Waals surface area contributed by atoms with Gasteiger partial charge >= 0.3 is 0 Å². The summed E-state index contributed by atoms with van der Waals surface area (Å²) in [6.45, 7) is 0. The minimum atomic E-state index is -0.331. The first kappa shape index (κ1) is 11.2. The molecule has 2 aromatic carbocycles. The molecule has 0 aliphatic heterocycles. The molecule has 1 N–H and O–H groups in total. The summed E-state index contributed by atoms with van der Waals surface area (Å²) in [6, 6.07) is 8.63. The molecular weight excluding hydrogens is 248 g/mol. The number of carbonyl (C=O) groups is 1. The molecule has 19 heavy (non-hydrogen) atoms. The van der Waals surface area contributed by atoms with Crippen LogP contribution in [0, 0.1) is 10.4 Å². The van der Waals surface area contributed by atoms with E-state index < -0.39 is 0 Å². The highest BCUT2D eigenvalue weighted by molar-refractivity contribution is 5.87. The largest absolute Gasteiger partial charge is 0.617 e. The van der Waals surface area contributed by atoms with E-state index in [9.17, 15) is 20.3 Å². The highest BCUT2D eigenvalue weighted by Crippen LogP contribution is 2.21. The summed E-state index contributed by atoms with van der Waals surface area (Å²) in [7, 11) is 0. The predicted molar refractivity (Wildman–Crippen MR) is 66.4 cm³/mol. The summed E-state index contributed by atoms with van der Waals surface area (Å²) >= 11 is 0. The number of fused-ring (bicyclic) bond motifs is 2. The van der Waals surface area contributed by atoms with Crippen molar-refractivity contribution in [3.05, 3.63) is 52.4 Å². The van der Waals surface area contributed by atoms with E-state index in [0.717, 1.165) is 6.07 Å². The molecule has 0 saturated carbocycles. The Morgan fingerprint density at radius 1 is 0.947 bits per heavy atom. The first-order valence-electron chi connectivity index (χ1n) is 5.49. The summed E-state index contributed by atoms with van der Waals surface area (Å²) < 4.78 is 1.14. The lowest BCUT2D eigenvalue weighted by molar-refractivity contribution is -0.591. The zero-order valence-corrected chi connectivity index (χ0v) is 9.61. The molecule has 94 valence electrons. The monoisotopic (exact) mass is 256 g/mol. The number of carbonyl (C=O) groups excluding carboxylic acids is 1. The van der Waals surface area contributed by atoms with E-state index in [1.165, 1.54) is 18.2 Å². The van der Waals surface area contributed by atoms with Crippen molar-refractivity contribution in [1.82, 2.24) is 0 Å². The van der Waals surface area contributed by atoms with Gasteiger partial charge in [-0.05, 0) is 0 Å². The quantitative estimate of drug-likeness (QED) is 0.301. The highest BCUT2D eigenvalue weighted by Gasteiger charge is 2.22. The molecule has 3 aromatic rings. The van der Waals surface area contributed by atoms with Crippen molar-refractivity contribution in [3.63, 3.8) is 0 Å². The Bertz CT molecular complexity index is 830. The van der Waals surface area contributed by atoms with E-state index in [1.54, 1.807) is 12.1 Å². The average molecular weight is 256 g/mol.